The Labute approximate surface area is 181 Å². The van der Waals surface area contributed by atoms with Gasteiger partial charge in [-0.05, 0) is 58.1 Å². The van der Waals surface area contributed by atoms with Crippen LogP contribution in [0, 0.1) is 5.92 Å². The number of hydrogen-bond donors (Lipinski definition) is 1. The van der Waals surface area contributed by atoms with Gasteiger partial charge in [-0.1, -0.05) is 6.92 Å². The molecule has 8 nitrogen and oxygen atoms in total. The second kappa shape index (κ2) is 6.65. The third-order valence-corrected chi connectivity index (χ3v) is 8.10. The van der Waals surface area contributed by atoms with E-state index in [-0.39, 0.29) is 41.1 Å². The summed E-state index contributed by atoms with van der Waals surface area (Å²) in [7, 11) is 1.45. The van der Waals surface area contributed by atoms with E-state index in [0.717, 1.165) is 6.42 Å². The standard InChI is InChI=1S/C23H29NO7/c1-11-10-16(30-20(11)27)14-7-8-22-17(15(25)6-5-9-24(14)22)12(2)18(26)23(22)19(29-4)13(3)21(28)31-23/h11,14-16,25H,5-10H2,1-4H3/t11-,14-,15+,16-,22-,23+/m0/s1. The lowest BCUT2D eigenvalue weighted by Crippen LogP contribution is -2.66. The number of ether oxygens (including phenoxy) is 3. The van der Waals surface area contributed by atoms with Gasteiger partial charge in [0.05, 0.1) is 24.7 Å². The van der Waals surface area contributed by atoms with Crippen molar-refractivity contribution >= 4 is 17.7 Å². The van der Waals surface area contributed by atoms with Crippen LogP contribution in [0.15, 0.2) is 22.5 Å². The van der Waals surface area contributed by atoms with Crippen LogP contribution in [0.2, 0.25) is 0 Å². The van der Waals surface area contributed by atoms with Gasteiger partial charge in [-0.2, -0.15) is 0 Å². The highest BCUT2D eigenvalue weighted by atomic mass is 16.6. The Kier molecular flexibility index (Phi) is 4.44. The molecule has 0 unspecified atom stereocenters. The number of Topliss-reactive ketones (excluding diaryl/α,β-unsaturated/α-hetero) is 1. The number of carbonyl (C=O) groups excluding carboxylic acids is 3. The van der Waals surface area contributed by atoms with Crippen LogP contribution in [-0.4, -0.2) is 70.8 Å². The van der Waals surface area contributed by atoms with E-state index in [0.29, 0.717) is 43.4 Å². The van der Waals surface area contributed by atoms with Crippen molar-refractivity contribution in [2.45, 2.75) is 82.3 Å². The van der Waals surface area contributed by atoms with Crippen molar-refractivity contribution in [2.24, 2.45) is 5.92 Å². The molecule has 0 saturated carbocycles. The van der Waals surface area contributed by atoms with E-state index in [1.807, 2.05) is 6.92 Å². The highest BCUT2D eigenvalue weighted by molar-refractivity contribution is 6.14. The zero-order valence-electron chi connectivity index (χ0n) is 18.4. The lowest BCUT2D eigenvalue weighted by molar-refractivity contribution is -0.169. The fourth-order valence-corrected chi connectivity index (χ4v) is 6.88. The van der Waals surface area contributed by atoms with Crippen LogP contribution in [0.5, 0.6) is 0 Å². The summed E-state index contributed by atoms with van der Waals surface area (Å²) in [6.07, 6.45) is 1.91. The number of ketones is 1. The van der Waals surface area contributed by atoms with Crippen molar-refractivity contribution in [1.82, 2.24) is 4.90 Å². The Bertz CT molecular complexity index is 952. The molecule has 31 heavy (non-hydrogen) atoms. The van der Waals surface area contributed by atoms with Crippen molar-refractivity contribution in [3.05, 3.63) is 22.5 Å². The Hall–Kier alpha value is -2.19. The summed E-state index contributed by atoms with van der Waals surface area (Å²) in [4.78, 5) is 40.9. The summed E-state index contributed by atoms with van der Waals surface area (Å²) in [6.45, 7) is 5.78. The minimum atomic E-state index is -1.64. The van der Waals surface area contributed by atoms with Gasteiger partial charge in [-0.15, -0.1) is 0 Å². The van der Waals surface area contributed by atoms with Crippen LogP contribution in [-0.2, 0) is 28.6 Å². The second-order valence-electron chi connectivity index (χ2n) is 9.53. The fourth-order valence-electron chi connectivity index (χ4n) is 6.88. The van der Waals surface area contributed by atoms with Gasteiger partial charge < -0.3 is 19.3 Å². The number of aliphatic hydroxyl groups is 1. The largest absolute Gasteiger partial charge is 0.496 e. The summed E-state index contributed by atoms with van der Waals surface area (Å²) in [5.41, 5.74) is -1.33. The summed E-state index contributed by atoms with van der Waals surface area (Å²) >= 11 is 0. The molecule has 0 radical (unpaired) electrons. The first-order valence-electron chi connectivity index (χ1n) is 11.1. The topological polar surface area (TPSA) is 102 Å². The molecule has 4 aliphatic heterocycles. The average molecular weight is 431 g/mol. The van der Waals surface area contributed by atoms with Crippen molar-refractivity contribution in [1.29, 1.82) is 0 Å². The van der Waals surface area contributed by atoms with Crippen LogP contribution in [0.25, 0.3) is 0 Å². The molecule has 1 N–H and O–H groups in total. The number of cyclic esters (lactones) is 1. The van der Waals surface area contributed by atoms with Crippen LogP contribution < -0.4 is 0 Å². The molecule has 1 aliphatic carbocycles. The van der Waals surface area contributed by atoms with Crippen molar-refractivity contribution in [2.75, 3.05) is 13.7 Å². The Balaban J connectivity index is 1.71. The smallest absolute Gasteiger partial charge is 0.338 e. The van der Waals surface area contributed by atoms with E-state index in [1.165, 1.54) is 7.11 Å². The number of carbonyl (C=O) groups is 3. The van der Waals surface area contributed by atoms with Crippen LogP contribution in [0.1, 0.15) is 52.9 Å². The van der Waals surface area contributed by atoms with Gasteiger partial charge in [0.2, 0.25) is 5.78 Å². The van der Waals surface area contributed by atoms with Gasteiger partial charge in [-0.25, -0.2) is 4.79 Å². The van der Waals surface area contributed by atoms with Crippen molar-refractivity contribution in [3.63, 3.8) is 0 Å². The molecule has 6 atom stereocenters. The highest BCUT2D eigenvalue weighted by Crippen LogP contribution is 2.62. The molecule has 0 aromatic rings. The van der Waals surface area contributed by atoms with E-state index in [1.54, 1.807) is 13.8 Å². The number of aliphatic hydroxyl groups excluding tert-OH is 1. The van der Waals surface area contributed by atoms with Gasteiger partial charge in [0, 0.05) is 11.6 Å². The zero-order chi connectivity index (χ0) is 22.3. The van der Waals surface area contributed by atoms with Gasteiger partial charge >= 0.3 is 11.9 Å². The third kappa shape index (κ3) is 2.30. The van der Waals surface area contributed by atoms with E-state index in [2.05, 4.69) is 4.90 Å². The molecule has 2 spiro atoms. The maximum Gasteiger partial charge on any atom is 0.338 e. The molecule has 3 saturated heterocycles. The number of esters is 2. The Morgan fingerprint density at radius 3 is 2.55 bits per heavy atom. The third-order valence-electron chi connectivity index (χ3n) is 8.10. The van der Waals surface area contributed by atoms with E-state index in [4.69, 9.17) is 14.2 Å². The van der Waals surface area contributed by atoms with Crippen LogP contribution in [0.4, 0.5) is 0 Å². The maximum absolute atomic E-state index is 13.8. The molecule has 8 heteroatoms. The Morgan fingerprint density at radius 2 is 1.90 bits per heavy atom. The summed E-state index contributed by atoms with van der Waals surface area (Å²) in [5, 5.41) is 11.1. The van der Waals surface area contributed by atoms with Crippen molar-refractivity contribution < 1.29 is 33.7 Å². The number of methoxy groups -OCH3 is 1. The zero-order valence-corrected chi connectivity index (χ0v) is 18.4. The molecule has 5 aliphatic rings. The lowest BCUT2D eigenvalue weighted by atomic mass is 9.73. The minimum Gasteiger partial charge on any atom is -0.496 e. The summed E-state index contributed by atoms with van der Waals surface area (Å²) in [5.74, 6) is -1.04. The first-order valence-corrected chi connectivity index (χ1v) is 11.1. The van der Waals surface area contributed by atoms with Crippen LogP contribution >= 0.6 is 0 Å². The van der Waals surface area contributed by atoms with E-state index in [9.17, 15) is 19.5 Å². The number of nitrogens with zero attached hydrogens (tertiary/aromatic N) is 1. The van der Waals surface area contributed by atoms with Gasteiger partial charge in [0.15, 0.2) is 5.76 Å². The fraction of sp³-hybridized carbons (Fsp3) is 0.696. The molecule has 4 heterocycles. The predicted molar refractivity (Wildman–Crippen MR) is 108 cm³/mol. The Morgan fingerprint density at radius 1 is 1.16 bits per heavy atom. The molecule has 0 bridgehead atoms. The van der Waals surface area contributed by atoms with E-state index >= 15 is 0 Å². The molecular weight excluding hydrogens is 402 g/mol. The first-order chi connectivity index (χ1) is 14.7. The SMILES string of the molecule is COC1=C(C)C(=O)O[C@]12C(=O)C(C)=C1[C@H](O)CCCN3[C@H]([C@@H]4C[C@H](C)C(=O)O4)CC[C@@]132. The normalized spacial score (nSPS) is 42.8. The molecule has 0 aromatic carbocycles. The first kappa shape index (κ1) is 20.7. The molecule has 3 fully saturated rings. The van der Waals surface area contributed by atoms with E-state index < -0.39 is 23.2 Å². The number of rotatable bonds is 2. The average Bonchev–Trinajstić information content (AvgIpc) is 3.36. The molecule has 0 aromatic heterocycles. The minimum absolute atomic E-state index is 0.123. The monoisotopic (exact) mass is 431 g/mol. The molecule has 168 valence electrons. The molecular formula is C23H29NO7. The predicted octanol–water partition coefficient (Wildman–Crippen LogP) is 1.41. The maximum atomic E-state index is 13.8. The van der Waals surface area contributed by atoms with Gasteiger partial charge in [-0.3, -0.25) is 14.5 Å². The molecule has 0 amide bonds. The lowest BCUT2D eigenvalue weighted by Gasteiger charge is -2.48. The highest BCUT2D eigenvalue weighted by Gasteiger charge is 2.77. The molecule has 5 rings (SSSR count). The van der Waals surface area contributed by atoms with Gasteiger partial charge in [0.25, 0.3) is 5.60 Å². The van der Waals surface area contributed by atoms with Crippen molar-refractivity contribution in [3.8, 4) is 0 Å². The van der Waals surface area contributed by atoms with Gasteiger partial charge in [0.1, 0.15) is 11.6 Å². The quantitative estimate of drug-likeness (QED) is 0.655. The van der Waals surface area contributed by atoms with Crippen LogP contribution in [0.3, 0.4) is 0 Å². The second-order valence-corrected chi connectivity index (χ2v) is 9.53. The summed E-state index contributed by atoms with van der Waals surface area (Å²) in [6, 6.07) is -0.123. The summed E-state index contributed by atoms with van der Waals surface area (Å²) < 4.78 is 17.3. The number of hydrogen-bond acceptors (Lipinski definition) is 8.